The van der Waals surface area contributed by atoms with E-state index in [1.54, 1.807) is 0 Å². The van der Waals surface area contributed by atoms with Crippen LogP contribution in [-0.2, 0) is 9.59 Å². The van der Waals surface area contributed by atoms with Crippen molar-refractivity contribution in [1.82, 2.24) is 0 Å². The smallest absolute Gasteiger partial charge is 0.318 e. The highest BCUT2D eigenvalue weighted by Crippen LogP contribution is 2.33. The molecule has 0 aromatic carbocycles. The first-order valence-electron chi connectivity index (χ1n) is 4.44. The minimum Gasteiger partial charge on any atom is -0.480 e. The Morgan fingerprint density at radius 3 is 1.77 bits per heavy atom. The number of hydrogen-bond donors (Lipinski definition) is 1. The summed E-state index contributed by atoms with van der Waals surface area (Å²) >= 11 is 2.78. The van der Waals surface area contributed by atoms with Gasteiger partial charge in [0.25, 0.3) is 0 Å². The Labute approximate surface area is 86.6 Å². The lowest BCUT2D eigenvalue weighted by molar-refractivity contribution is -0.153. The van der Waals surface area contributed by atoms with Gasteiger partial charge in [0.2, 0.25) is 4.69 Å². The van der Waals surface area contributed by atoms with E-state index in [4.69, 9.17) is 5.11 Å². The summed E-state index contributed by atoms with van der Waals surface area (Å²) < 4.78 is -0.406. The number of carbonyl (C=O) groups excluding carboxylic acids is 1. The number of halogens is 1. The van der Waals surface area contributed by atoms with Crippen molar-refractivity contribution in [1.29, 1.82) is 0 Å². The third-order valence-electron chi connectivity index (χ3n) is 2.14. The average molecular weight is 251 g/mol. The van der Waals surface area contributed by atoms with Gasteiger partial charge in [0.15, 0.2) is 0 Å². The van der Waals surface area contributed by atoms with Crippen LogP contribution in [-0.4, -0.2) is 15.8 Å². The summed E-state index contributed by atoms with van der Waals surface area (Å²) in [5.74, 6) is -1.02. The zero-order valence-corrected chi connectivity index (χ0v) is 9.56. The first-order valence-corrected chi connectivity index (χ1v) is 5.24. The molecule has 0 heterocycles. The first kappa shape index (κ1) is 12.6. The summed E-state index contributed by atoms with van der Waals surface area (Å²) in [6, 6.07) is 0. The molecule has 0 aliphatic heterocycles. The van der Waals surface area contributed by atoms with E-state index in [9.17, 15) is 9.59 Å². The number of carboxylic acids is 1. The number of rotatable bonds is 6. The standard InChI is InChI=1S/C9H15BrO3/c1-3-5-9(6-4-2,7(10)11)8(12)13/h3-6H2,1-2H3,(H,12,13). The molecule has 0 aromatic heterocycles. The van der Waals surface area contributed by atoms with Gasteiger partial charge in [-0.1, -0.05) is 26.7 Å². The molecule has 4 heteroatoms. The summed E-state index contributed by atoms with van der Waals surface area (Å²) in [4.78, 5) is 22.2. The summed E-state index contributed by atoms with van der Waals surface area (Å²) in [5, 5.41) is 9.01. The fourth-order valence-electron chi connectivity index (χ4n) is 1.47. The van der Waals surface area contributed by atoms with Crippen molar-refractivity contribution in [2.24, 2.45) is 5.41 Å². The lowest BCUT2D eigenvalue weighted by atomic mass is 9.81. The molecule has 0 aliphatic rings. The predicted octanol–water partition coefficient (Wildman–Crippen LogP) is 2.58. The maximum Gasteiger partial charge on any atom is 0.318 e. The highest BCUT2D eigenvalue weighted by atomic mass is 79.9. The van der Waals surface area contributed by atoms with Crippen LogP contribution in [0.25, 0.3) is 0 Å². The molecule has 3 nitrogen and oxygen atoms in total. The van der Waals surface area contributed by atoms with Gasteiger partial charge in [-0.15, -0.1) is 0 Å². The summed E-state index contributed by atoms with van der Waals surface area (Å²) in [6.45, 7) is 3.76. The third kappa shape index (κ3) is 2.79. The van der Waals surface area contributed by atoms with Gasteiger partial charge in [0, 0.05) is 0 Å². The van der Waals surface area contributed by atoms with Crippen LogP contribution in [0.1, 0.15) is 39.5 Å². The van der Waals surface area contributed by atoms with Crippen LogP contribution in [0.3, 0.4) is 0 Å². The molecule has 0 saturated carbocycles. The van der Waals surface area contributed by atoms with Gasteiger partial charge in [0.1, 0.15) is 5.41 Å². The topological polar surface area (TPSA) is 54.4 Å². The van der Waals surface area contributed by atoms with E-state index in [2.05, 4.69) is 15.9 Å². The van der Waals surface area contributed by atoms with E-state index in [-0.39, 0.29) is 0 Å². The minimum atomic E-state index is -1.20. The average Bonchev–Trinajstić information content (AvgIpc) is 2.03. The van der Waals surface area contributed by atoms with Crippen molar-refractivity contribution in [2.45, 2.75) is 39.5 Å². The highest BCUT2D eigenvalue weighted by Gasteiger charge is 2.42. The molecule has 0 saturated heterocycles. The van der Waals surface area contributed by atoms with Crippen molar-refractivity contribution < 1.29 is 14.7 Å². The van der Waals surface area contributed by atoms with Crippen LogP contribution in [0.5, 0.6) is 0 Å². The Kier molecular flexibility index (Phi) is 5.21. The van der Waals surface area contributed by atoms with Crippen LogP contribution < -0.4 is 0 Å². The van der Waals surface area contributed by atoms with Gasteiger partial charge in [0.05, 0.1) is 0 Å². The molecule has 0 spiro atoms. The monoisotopic (exact) mass is 250 g/mol. The summed E-state index contributed by atoms with van der Waals surface area (Å²) in [6.07, 6.45) is 2.20. The van der Waals surface area contributed by atoms with Crippen LogP contribution in [0.2, 0.25) is 0 Å². The number of aliphatic carboxylic acids is 1. The molecule has 0 rings (SSSR count). The number of carboxylic acid groups (broad SMARTS) is 1. The molecule has 0 bridgehead atoms. The van der Waals surface area contributed by atoms with Crippen molar-refractivity contribution in [3.63, 3.8) is 0 Å². The van der Waals surface area contributed by atoms with Gasteiger partial charge in [-0.2, -0.15) is 0 Å². The van der Waals surface area contributed by atoms with E-state index in [0.717, 1.165) is 0 Å². The van der Waals surface area contributed by atoms with E-state index >= 15 is 0 Å². The summed E-state index contributed by atoms with van der Waals surface area (Å²) in [5.41, 5.74) is -1.20. The molecular formula is C9H15BrO3. The minimum absolute atomic E-state index is 0.403. The third-order valence-corrected chi connectivity index (χ3v) is 2.90. The normalized spacial score (nSPS) is 11.3. The highest BCUT2D eigenvalue weighted by molar-refractivity contribution is 9.18. The van der Waals surface area contributed by atoms with Crippen molar-refractivity contribution in [3.8, 4) is 0 Å². The molecule has 76 valence electrons. The Morgan fingerprint density at radius 1 is 1.23 bits per heavy atom. The van der Waals surface area contributed by atoms with Crippen LogP contribution in [0.4, 0.5) is 0 Å². The van der Waals surface area contributed by atoms with Gasteiger partial charge in [-0.05, 0) is 28.8 Å². The van der Waals surface area contributed by atoms with Crippen LogP contribution >= 0.6 is 15.9 Å². The van der Waals surface area contributed by atoms with Crippen molar-refractivity contribution >= 4 is 26.6 Å². The maximum absolute atomic E-state index is 11.2. The largest absolute Gasteiger partial charge is 0.480 e. The van der Waals surface area contributed by atoms with Gasteiger partial charge in [-0.3, -0.25) is 9.59 Å². The lowest BCUT2D eigenvalue weighted by Crippen LogP contribution is -2.36. The van der Waals surface area contributed by atoms with E-state index in [0.29, 0.717) is 25.7 Å². The maximum atomic E-state index is 11.2. The molecule has 13 heavy (non-hydrogen) atoms. The zero-order chi connectivity index (χ0) is 10.5. The molecule has 0 atom stereocenters. The molecular weight excluding hydrogens is 236 g/mol. The van der Waals surface area contributed by atoms with Crippen molar-refractivity contribution in [2.75, 3.05) is 0 Å². The second kappa shape index (κ2) is 5.37. The predicted molar refractivity (Wildman–Crippen MR) is 53.8 cm³/mol. The van der Waals surface area contributed by atoms with Crippen LogP contribution in [0.15, 0.2) is 0 Å². The van der Waals surface area contributed by atoms with Gasteiger partial charge < -0.3 is 5.11 Å². The second-order valence-corrected chi connectivity index (χ2v) is 3.88. The second-order valence-electron chi connectivity index (χ2n) is 3.16. The van der Waals surface area contributed by atoms with Crippen LogP contribution in [0, 0.1) is 5.41 Å². The number of carbonyl (C=O) groups is 2. The Balaban J connectivity index is 4.80. The Morgan fingerprint density at radius 2 is 1.62 bits per heavy atom. The van der Waals surface area contributed by atoms with Gasteiger partial charge in [-0.25, -0.2) is 0 Å². The SMILES string of the molecule is CCCC(CCC)(C(=O)O)C(=O)Br. The fraction of sp³-hybridized carbons (Fsp3) is 0.778. The molecule has 0 fully saturated rings. The molecule has 0 radical (unpaired) electrons. The Hall–Kier alpha value is -0.380. The molecule has 0 aliphatic carbocycles. The zero-order valence-electron chi connectivity index (χ0n) is 7.97. The van der Waals surface area contributed by atoms with E-state index in [1.807, 2.05) is 13.8 Å². The van der Waals surface area contributed by atoms with Gasteiger partial charge >= 0.3 is 5.97 Å². The van der Waals surface area contributed by atoms with E-state index in [1.165, 1.54) is 0 Å². The molecule has 0 unspecified atom stereocenters. The first-order chi connectivity index (χ1) is 6.01. The molecule has 0 amide bonds. The lowest BCUT2D eigenvalue weighted by Gasteiger charge is -2.24. The summed E-state index contributed by atoms with van der Waals surface area (Å²) in [7, 11) is 0. The quantitative estimate of drug-likeness (QED) is 0.583. The molecule has 1 N–H and O–H groups in total. The fourth-order valence-corrected chi connectivity index (χ4v) is 2.04. The Bertz CT molecular complexity index is 179. The van der Waals surface area contributed by atoms with E-state index < -0.39 is 16.1 Å². The van der Waals surface area contributed by atoms with Crippen molar-refractivity contribution in [3.05, 3.63) is 0 Å². The number of hydrogen-bond acceptors (Lipinski definition) is 2. The molecule has 0 aromatic rings.